The Morgan fingerprint density at radius 2 is 2.35 bits per heavy atom. The molecule has 2 rings (SSSR count). The monoisotopic (exact) mass is 234 g/mol. The second kappa shape index (κ2) is 6.15. The predicted molar refractivity (Wildman–Crippen MR) is 70.1 cm³/mol. The molecule has 3 nitrogen and oxygen atoms in total. The number of aryl methyl sites for hydroxylation is 1. The van der Waals surface area contributed by atoms with E-state index in [1.807, 2.05) is 0 Å². The summed E-state index contributed by atoms with van der Waals surface area (Å²) in [4.78, 5) is 2.32. The molecule has 1 heterocycles. The summed E-state index contributed by atoms with van der Waals surface area (Å²) < 4.78 is 5.71. The van der Waals surface area contributed by atoms with Crippen LogP contribution in [-0.2, 0) is 11.3 Å². The molecule has 1 aliphatic heterocycles. The molecule has 1 aliphatic rings. The zero-order chi connectivity index (χ0) is 12.1. The van der Waals surface area contributed by atoms with Crippen LogP contribution >= 0.6 is 0 Å². The molecule has 3 heteroatoms. The van der Waals surface area contributed by atoms with Gasteiger partial charge >= 0.3 is 0 Å². The summed E-state index contributed by atoms with van der Waals surface area (Å²) in [6, 6.07) is 8.62. The topological polar surface area (TPSA) is 24.5 Å². The van der Waals surface area contributed by atoms with Crippen molar-refractivity contribution in [3.63, 3.8) is 0 Å². The lowest BCUT2D eigenvalue weighted by atomic mass is 10.1. The fraction of sp³-hybridized carbons (Fsp3) is 0.571. The van der Waals surface area contributed by atoms with Crippen molar-refractivity contribution in [3.05, 3.63) is 35.4 Å². The van der Waals surface area contributed by atoms with Gasteiger partial charge in [-0.25, -0.2) is 0 Å². The highest BCUT2D eigenvalue weighted by atomic mass is 16.5. The summed E-state index contributed by atoms with van der Waals surface area (Å²) in [6.45, 7) is 6.91. The van der Waals surface area contributed by atoms with Gasteiger partial charge in [0.2, 0.25) is 0 Å². The van der Waals surface area contributed by atoms with E-state index in [0.717, 1.165) is 32.8 Å². The quantitative estimate of drug-likeness (QED) is 0.852. The van der Waals surface area contributed by atoms with Crippen molar-refractivity contribution in [2.45, 2.75) is 19.6 Å². The second-order valence-corrected chi connectivity index (χ2v) is 4.87. The Morgan fingerprint density at radius 3 is 3.12 bits per heavy atom. The van der Waals surface area contributed by atoms with Gasteiger partial charge in [-0.05, 0) is 19.5 Å². The van der Waals surface area contributed by atoms with Crippen LogP contribution in [0.4, 0.5) is 0 Å². The molecule has 1 N–H and O–H groups in total. The summed E-state index contributed by atoms with van der Waals surface area (Å²) >= 11 is 0. The lowest BCUT2D eigenvalue weighted by Crippen LogP contribution is -2.44. The average molecular weight is 234 g/mol. The smallest absolute Gasteiger partial charge is 0.0826 e. The Bertz CT molecular complexity index is 354. The van der Waals surface area contributed by atoms with Crippen molar-refractivity contribution < 1.29 is 4.74 Å². The number of likely N-dealkylation sites (N-methyl/N-ethyl adjacent to an activating group) is 1. The van der Waals surface area contributed by atoms with Crippen molar-refractivity contribution in [1.29, 1.82) is 0 Å². The van der Waals surface area contributed by atoms with E-state index in [1.54, 1.807) is 0 Å². The average Bonchev–Trinajstić information content (AvgIpc) is 2.29. The van der Waals surface area contributed by atoms with Crippen LogP contribution in [0.1, 0.15) is 11.1 Å². The molecule has 0 bridgehead atoms. The molecule has 1 saturated heterocycles. The minimum atomic E-state index is 0.332. The van der Waals surface area contributed by atoms with E-state index in [4.69, 9.17) is 4.74 Å². The Kier molecular flexibility index (Phi) is 4.54. The van der Waals surface area contributed by atoms with E-state index >= 15 is 0 Å². The molecule has 0 saturated carbocycles. The van der Waals surface area contributed by atoms with Crippen molar-refractivity contribution in [1.82, 2.24) is 10.2 Å². The molecule has 1 atom stereocenters. The first-order valence-corrected chi connectivity index (χ1v) is 6.30. The van der Waals surface area contributed by atoms with E-state index < -0.39 is 0 Å². The van der Waals surface area contributed by atoms with Crippen molar-refractivity contribution in [3.8, 4) is 0 Å². The van der Waals surface area contributed by atoms with Crippen LogP contribution in [0.5, 0.6) is 0 Å². The maximum atomic E-state index is 5.71. The molecule has 1 aromatic rings. The third-order valence-corrected chi connectivity index (χ3v) is 3.13. The SMILES string of the molecule is Cc1cccc(CNC[C@H]2CN(C)CCO2)c1. The third-order valence-electron chi connectivity index (χ3n) is 3.13. The van der Waals surface area contributed by atoms with Gasteiger partial charge in [-0.15, -0.1) is 0 Å². The number of rotatable bonds is 4. The number of ether oxygens (including phenoxy) is 1. The van der Waals surface area contributed by atoms with Crippen LogP contribution < -0.4 is 5.32 Å². The molecule has 0 amide bonds. The van der Waals surface area contributed by atoms with E-state index in [-0.39, 0.29) is 0 Å². The summed E-state index contributed by atoms with van der Waals surface area (Å²) in [6.07, 6.45) is 0.332. The largest absolute Gasteiger partial charge is 0.374 e. The standard InChI is InChI=1S/C14H22N2O/c1-12-4-3-5-13(8-12)9-15-10-14-11-16(2)6-7-17-14/h3-5,8,14-15H,6-7,9-11H2,1-2H3/t14-/m0/s1. The van der Waals surface area contributed by atoms with Crippen LogP contribution in [0.3, 0.4) is 0 Å². The van der Waals surface area contributed by atoms with E-state index in [2.05, 4.69) is 48.5 Å². The molecule has 0 unspecified atom stereocenters. The van der Waals surface area contributed by atoms with Crippen molar-refractivity contribution >= 4 is 0 Å². The fourth-order valence-corrected chi connectivity index (χ4v) is 2.19. The summed E-state index contributed by atoms with van der Waals surface area (Å²) in [5.74, 6) is 0. The summed E-state index contributed by atoms with van der Waals surface area (Å²) in [7, 11) is 2.15. The molecular weight excluding hydrogens is 212 g/mol. The molecule has 17 heavy (non-hydrogen) atoms. The highest BCUT2D eigenvalue weighted by Crippen LogP contribution is 2.05. The Labute approximate surface area is 104 Å². The first-order valence-electron chi connectivity index (χ1n) is 6.30. The minimum absolute atomic E-state index is 0.332. The van der Waals surface area contributed by atoms with E-state index in [1.165, 1.54) is 11.1 Å². The number of morpholine rings is 1. The molecule has 1 fully saturated rings. The van der Waals surface area contributed by atoms with Gasteiger partial charge in [0.05, 0.1) is 12.7 Å². The highest BCUT2D eigenvalue weighted by molar-refractivity contribution is 5.21. The first kappa shape index (κ1) is 12.6. The zero-order valence-electron chi connectivity index (χ0n) is 10.8. The lowest BCUT2D eigenvalue weighted by molar-refractivity contribution is -0.0182. The van der Waals surface area contributed by atoms with Gasteiger partial charge in [-0.3, -0.25) is 0 Å². The van der Waals surface area contributed by atoms with Gasteiger partial charge in [-0.2, -0.15) is 0 Å². The number of hydrogen-bond donors (Lipinski definition) is 1. The zero-order valence-corrected chi connectivity index (χ0v) is 10.8. The van der Waals surface area contributed by atoms with Crippen LogP contribution in [0.15, 0.2) is 24.3 Å². The molecule has 0 aromatic heterocycles. The molecule has 0 spiro atoms. The maximum Gasteiger partial charge on any atom is 0.0826 e. The van der Waals surface area contributed by atoms with Gasteiger partial charge in [0, 0.05) is 26.2 Å². The fourth-order valence-electron chi connectivity index (χ4n) is 2.19. The van der Waals surface area contributed by atoms with Gasteiger partial charge < -0.3 is 15.0 Å². The Hall–Kier alpha value is -0.900. The van der Waals surface area contributed by atoms with Gasteiger partial charge in [0.1, 0.15) is 0 Å². The molecule has 0 radical (unpaired) electrons. The van der Waals surface area contributed by atoms with Gasteiger partial charge in [0.25, 0.3) is 0 Å². The minimum Gasteiger partial charge on any atom is -0.374 e. The lowest BCUT2D eigenvalue weighted by Gasteiger charge is -2.30. The Morgan fingerprint density at radius 1 is 1.47 bits per heavy atom. The van der Waals surface area contributed by atoms with Crippen LogP contribution in [0.25, 0.3) is 0 Å². The normalized spacial score (nSPS) is 21.6. The molecular formula is C14H22N2O. The van der Waals surface area contributed by atoms with E-state index in [9.17, 15) is 0 Å². The number of nitrogens with zero attached hydrogens (tertiary/aromatic N) is 1. The van der Waals surface area contributed by atoms with Gasteiger partial charge in [0.15, 0.2) is 0 Å². The number of benzene rings is 1. The van der Waals surface area contributed by atoms with E-state index in [0.29, 0.717) is 6.10 Å². The predicted octanol–water partition coefficient (Wildman–Crippen LogP) is 1.42. The molecule has 94 valence electrons. The Balaban J connectivity index is 1.72. The molecule has 0 aliphatic carbocycles. The summed E-state index contributed by atoms with van der Waals surface area (Å²) in [5, 5.41) is 3.47. The highest BCUT2D eigenvalue weighted by Gasteiger charge is 2.16. The number of nitrogens with one attached hydrogen (secondary N) is 1. The maximum absolute atomic E-state index is 5.71. The van der Waals surface area contributed by atoms with Crippen LogP contribution in [-0.4, -0.2) is 44.3 Å². The van der Waals surface area contributed by atoms with Crippen LogP contribution in [0, 0.1) is 6.92 Å². The number of hydrogen-bond acceptors (Lipinski definition) is 3. The van der Waals surface area contributed by atoms with Gasteiger partial charge in [-0.1, -0.05) is 29.8 Å². The second-order valence-electron chi connectivity index (χ2n) is 4.87. The van der Waals surface area contributed by atoms with Crippen molar-refractivity contribution in [2.24, 2.45) is 0 Å². The van der Waals surface area contributed by atoms with Crippen LogP contribution in [0.2, 0.25) is 0 Å². The third kappa shape index (κ3) is 4.11. The molecule has 1 aromatic carbocycles. The summed E-state index contributed by atoms with van der Waals surface area (Å²) in [5.41, 5.74) is 2.66. The first-order chi connectivity index (χ1) is 8.24. The van der Waals surface area contributed by atoms with Crippen molar-refractivity contribution in [2.75, 3.05) is 33.3 Å².